The van der Waals surface area contributed by atoms with Crippen LogP contribution in [-0.4, -0.2) is 15.4 Å². The van der Waals surface area contributed by atoms with Crippen molar-refractivity contribution in [3.8, 4) is 10.6 Å². The third-order valence-corrected chi connectivity index (χ3v) is 5.85. The van der Waals surface area contributed by atoms with Gasteiger partial charge in [-0.05, 0) is 48.9 Å². The number of hydrogen-bond donors (Lipinski definition) is 1. The lowest BCUT2D eigenvalue weighted by Crippen LogP contribution is -2.23. The van der Waals surface area contributed by atoms with Crippen LogP contribution in [0.2, 0.25) is 5.02 Å². The number of thiophene rings is 1. The first-order valence-corrected chi connectivity index (χ1v) is 9.47. The van der Waals surface area contributed by atoms with E-state index < -0.39 is 0 Å². The molecule has 1 saturated carbocycles. The van der Waals surface area contributed by atoms with Gasteiger partial charge in [-0.25, -0.2) is 4.98 Å². The molecule has 3 aromatic rings. The average molecular weight is 346 g/mol. The predicted molar refractivity (Wildman–Crippen MR) is 98.7 cm³/mol. The van der Waals surface area contributed by atoms with Gasteiger partial charge in [-0.15, -0.1) is 11.3 Å². The van der Waals surface area contributed by atoms with Gasteiger partial charge in [0, 0.05) is 12.2 Å². The monoisotopic (exact) mass is 345 g/mol. The maximum Gasteiger partial charge on any atom is 0.139 e. The van der Waals surface area contributed by atoms with Crippen LogP contribution in [-0.2, 0) is 0 Å². The van der Waals surface area contributed by atoms with Gasteiger partial charge in [-0.1, -0.05) is 30.9 Å². The van der Waals surface area contributed by atoms with Crippen LogP contribution in [0.5, 0.6) is 0 Å². The molecule has 1 aliphatic carbocycles. The molecular formula is C18H20ClN3S. The quantitative estimate of drug-likeness (QED) is 0.653. The van der Waals surface area contributed by atoms with E-state index in [9.17, 15) is 0 Å². The standard InChI is InChI=1S/C18H20ClN3S/c1-12-9-10-23-17(12)16-18(20-14-5-3-2-4-6-14)22-11-13(19)7-8-15(22)21-16/h7-11,14,20H,2-6H2,1H3. The van der Waals surface area contributed by atoms with E-state index >= 15 is 0 Å². The van der Waals surface area contributed by atoms with Gasteiger partial charge >= 0.3 is 0 Å². The molecule has 0 radical (unpaired) electrons. The third kappa shape index (κ3) is 2.86. The fourth-order valence-electron chi connectivity index (χ4n) is 3.37. The lowest BCUT2D eigenvalue weighted by Gasteiger charge is -2.24. The molecule has 1 aliphatic rings. The minimum absolute atomic E-state index is 0.529. The number of halogens is 1. The second-order valence-electron chi connectivity index (χ2n) is 6.30. The Morgan fingerprint density at radius 1 is 1.22 bits per heavy atom. The molecule has 3 heterocycles. The zero-order valence-electron chi connectivity index (χ0n) is 13.2. The van der Waals surface area contributed by atoms with Crippen molar-refractivity contribution in [1.29, 1.82) is 0 Å². The molecule has 0 aromatic carbocycles. The molecule has 3 aromatic heterocycles. The van der Waals surface area contributed by atoms with Crippen molar-refractivity contribution in [2.45, 2.75) is 45.1 Å². The molecule has 0 aliphatic heterocycles. The van der Waals surface area contributed by atoms with Crippen LogP contribution in [0.25, 0.3) is 16.2 Å². The van der Waals surface area contributed by atoms with Crippen LogP contribution < -0.4 is 5.32 Å². The van der Waals surface area contributed by atoms with E-state index in [1.807, 2.05) is 18.3 Å². The minimum atomic E-state index is 0.529. The summed E-state index contributed by atoms with van der Waals surface area (Å²) in [6, 6.07) is 6.57. The number of pyridine rings is 1. The van der Waals surface area contributed by atoms with Gasteiger partial charge in [-0.3, -0.25) is 4.40 Å². The highest BCUT2D eigenvalue weighted by Gasteiger charge is 2.21. The van der Waals surface area contributed by atoms with Gasteiger partial charge in [0.2, 0.25) is 0 Å². The molecule has 23 heavy (non-hydrogen) atoms. The van der Waals surface area contributed by atoms with Crippen molar-refractivity contribution in [3.05, 3.63) is 40.4 Å². The largest absolute Gasteiger partial charge is 0.367 e. The SMILES string of the molecule is Cc1ccsc1-c1nc2ccc(Cl)cn2c1NC1CCCCC1. The number of fused-ring (bicyclic) bond motifs is 1. The van der Waals surface area contributed by atoms with Crippen molar-refractivity contribution < 1.29 is 0 Å². The molecule has 4 rings (SSSR count). The molecule has 3 nitrogen and oxygen atoms in total. The van der Waals surface area contributed by atoms with Gasteiger partial charge in [0.1, 0.15) is 17.2 Å². The Morgan fingerprint density at radius 2 is 2.04 bits per heavy atom. The van der Waals surface area contributed by atoms with E-state index in [0.717, 1.165) is 22.2 Å². The second-order valence-corrected chi connectivity index (χ2v) is 7.65. The normalized spacial score (nSPS) is 16.1. The van der Waals surface area contributed by atoms with Gasteiger partial charge in [0.15, 0.2) is 0 Å². The van der Waals surface area contributed by atoms with Gasteiger partial charge < -0.3 is 5.32 Å². The summed E-state index contributed by atoms with van der Waals surface area (Å²) in [6.45, 7) is 2.15. The Balaban J connectivity index is 1.84. The summed E-state index contributed by atoms with van der Waals surface area (Å²) in [5, 5.41) is 6.63. The third-order valence-electron chi connectivity index (χ3n) is 4.61. The van der Waals surface area contributed by atoms with Crippen molar-refractivity contribution in [1.82, 2.24) is 9.38 Å². The van der Waals surface area contributed by atoms with Gasteiger partial charge in [-0.2, -0.15) is 0 Å². The number of aromatic nitrogens is 2. The Kier molecular flexibility index (Phi) is 4.04. The van der Waals surface area contributed by atoms with Crippen molar-refractivity contribution in [2.75, 3.05) is 5.32 Å². The minimum Gasteiger partial charge on any atom is -0.367 e. The van der Waals surface area contributed by atoms with E-state index in [4.69, 9.17) is 16.6 Å². The summed E-state index contributed by atoms with van der Waals surface area (Å²) in [7, 11) is 0. The fraction of sp³-hybridized carbons (Fsp3) is 0.389. The van der Waals surface area contributed by atoms with Crippen molar-refractivity contribution >= 4 is 34.4 Å². The second kappa shape index (κ2) is 6.17. The van der Waals surface area contributed by atoms with E-state index in [1.54, 1.807) is 11.3 Å². The average Bonchev–Trinajstić information content (AvgIpc) is 3.12. The van der Waals surface area contributed by atoms with Crippen LogP contribution in [0.4, 0.5) is 5.82 Å². The molecule has 0 unspecified atom stereocenters. The lowest BCUT2D eigenvalue weighted by molar-refractivity contribution is 0.462. The van der Waals surface area contributed by atoms with E-state index in [2.05, 4.69) is 28.1 Å². The first-order chi connectivity index (χ1) is 11.2. The fourth-order valence-corrected chi connectivity index (χ4v) is 4.45. The topological polar surface area (TPSA) is 29.3 Å². The highest BCUT2D eigenvalue weighted by molar-refractivity contribution is 7.13. The smallest absolute Gasteiger partial charge is 0.139 e. The molecule has 0 amide bonds. The molecule has 0 spiro atoms. The van der Waals surface area contributed by atoms with Crippen LogP contribution in [0.15, 0.2) is 29.8 Å². The highest BCUT2D eigenvalue weighted by Crippen LogP contribution is 2.36. The Bertz CT molecular complexity index is 830. The zero-order valence-corrected chi connectivity index (χ0v) is 14.8. The molecule has 0 bridgehead atoms. The number of anilines is 1. The van der Waals surface area contributed by atoms with Gasteiger partial charge in [0.05, 0.1) is 9.90 Å². The van der Waals surface area contributed by atoms with Crippen LogP contribution in [0.3, 0.4) is 0 Å². The predicted octanol–water partition coefficient (Wildman–Crippen LogP) is 5.77. The summed E-state index contributed by atoms with van der Waals surface area (Å²) in [6.07, 6.45) is 8.40. The molecule has 0 saturated heterocycles. The van der Waals surface area contributed by atoms with Crippen LogP contribution in [0.1, 0.15) is 37.7 Å². The maximum absolute atomic E-state index is 6.23. The number of nitrogens with one attached hydrogen (secondary N) is 1. The summed E-state index contributed by atoms with van der Waals surface area (Å²) in [4.78, 5) is 6.11. The Hall–Kier alpha value is -1.52. The lowest BCUT2D eigenvalue weighted by atomic mass is 9.95. The summed E-state index contributed by atoms with van der Waals surface area (Å²) in [5.41, 5.74) is 3.26. The summed E-state index contributed by atoms with van der Waals surface area (Å²) >= 11 is 7.97. The first kappa shape index (κ1) is 15.0. The molecule has 1 fully saturated rings. The Labute approximate surface area is 145 Å². The molecule has 0 atom stereocenters. The number of nitrogens with zero attached hydrogens (tertiary/aromatic N) is 2. The van der Waals surface area contributed by atoms with E-state index in [-0.39, 0.29) is 0 Å². The Morgan fingerprint density at radius 3 is 2.78 bits per heavy atom. The van der Waals surface area contributed by atoms with Crippen LogP contribution in [0, 0.1) is 6.92 Å². The zero-order chi connectivity index (χ0) is 15.8. The maximum atomic E-state index is 6.23. The number of rotatable bonds is 3. The van der Waals surface area contributed by atoms with Crippen molar-refractivity contribution in [2.24, 2.45) is 0 Å². The highest BCUT2D eigenvalue weighted by atomic mass is 35.5. The number of aryl methyl sites for hydroxylation is 1. The number of imidazole rings is 1. The van der Waals surface area contributed by atoms with Crippen LogP contribution >= 0.6 is 22.9 Å². The molecule has 120 valence electrons. The molecular weight excluding hydrogens is 326 g/mol. The molecule has 5 heteroatoms. The first-order valence-electron chi connectivity index (χ1n) is 8.21. The number of hydrogen-bond acceptors (Lipinski definition) is 3. The van der Waals surface area contributed by atoms with E-state index in [0.29, 0.717) is 6.04 Å². The van der Waals surface area contributed by atoms with Gasteiger partial charge in [0.25, 0.3) is 0 Å². The summed E-state index contributed by atoms with van der Waals surface area (Å²) < 4.78 is 2.10. The van der Waals surface area contributed by atoms with Crippen molar-refractivity contribution in [3.63, 3.8) is 0 Å². The summed E-state index contributed by atoms with van der Waals surface area (Å²) in [5.74, 6) is 1.08. The molecule has 1 N–H and O–H groups in total. The van der Waals surface area contributed by atoms with E-state index in [1.165, 1.54) is 42.5 Å².